The van der Waals surface area contributed by atoms with Gasteiger partial charge in [0.15, 0.2) is 0 Å². The summed E-state index contributed by atoms with van der Waals surface area (Å²) in [6.45, 7) is 3.54. The minimum absolute atomic E-state index is 0.0475. The summed E-state index contributed by atoms with van der Waals surface area (Å²) >= 11 is 1.26. The van der Waals surface area contributed by atoms with Crippen LogP contribution in [0.1, 0.15) is 23.5 Å². The van der Waals surface area contributed by atoms with Gasteiger partial charge in [-0.1, -0.05) is 6.07 Å². The lowest BCUT2D eigenvalue weighted by Gasteiger charge is -2.25. The first-order valence-corrected chi connectivity index (χ1v) is 7.30. The maximum Gasteiger partial charge on any atom is 0.264 e. The summed E-state index contributed by atoms with van der Waals surface area (Å²) in [5.41, 5.74) is 0. The van der Waals surface area contributed by atoms with Gasteiger partial charge in [0.25, 0.3) is 5.91 Å². The highest BCUT2D eigenvalue weighted by molar-refractivity contribution is 7.12. The summed E-state index contributed by atoms with van der Waals surface area (Å²) in [4.78, 5) is 26.2. The Kier molecular flexibility index (Phi) is 4.42. The molecule has 20 heavy (non-hydrogen) atoms. The van der Waals surface area contributed by atoms with Crippen molar-refractivity contribution in [3.8, 4) is 0 Å². The van der Waals surface area contributed by atoms with Crippen LogP contribution in [0.2, 0.25) is 0 Å². The normalized spacial score (nSPS) is 26.1. The van der Waals surface area contributed by atoms with Crippen LogP contribution in [0.5, 0.6) is 0 Å². The largest absolute Gasteiger partial charge is 0.388 e. The zero-order valence-corrected chi connectivity index (χ0v) is 12.1. The molecule has 0 saturated carbocycles. The second-order valence-electron chi connectivity index (χ2n) is 5.10. The summed E-state index contributed by atoms with van der Waals surface area (Å²) in [7, 11) is 0. The van der Waals surface area contributed by atoms with E-state index in [2.05, 4.69) is 5.32 Å². The van der Waals surface area contributed by atoms with Gasteiger partial charge >= 0.3 is 0 Å². The first-order valence-electron chi connectivity index (χ1n) is 6.42. The van der Waals surface area contributed by atoms with Crippen molar-refractivity contribution in [1.29, 1.82) is 0 Å². The number of carbonyl (C=O) groups is 2. The van der Waals surface area contributed by atoms with Crippen molar-refractivity contribution in [3.63, 3.8) is 0 Å². The number of thiophene rings is 1. The molecule has 1 aromatic rings. The molecule has 1 aromatic heterocycles. The molecule has 1 aliphatic heterocycles. The van der Waals surface area contributed by atoms with Crippen molar-refractivity contribution in [2.75, 3.05) is 6.54 Å². The van der Waals surface area contributed by atoms with Crippen molar-refractivity contribution in [1.82, 2.24) is 10.2 Å². The number of nitrogens with zero attached hydrogens (tertiary/aromatic N) is 1. The molecule has 1 aliphatic rings. The number of hydrogen-bond acceptors (Lipinski definition) is 5. The van der Waals surface area contributed by atoms with Crippen LogP contribution in [0.3, 0.4) is 0 Å². The molecule has 0 aliphatic carbocycles. The molecule has 0 spiro atoms. The molecule has 3 N–H and O–H groups in total. The van der Waals surface area contributed by atoms with Gasteiger partial charge in [-0.15, -0.1) is 11.3 Å². The molecule has 0 radical (unpaired) electrons. The van der Waals surface area contributed by atoms with Gasteiger partial charge < -0.3 is 20.4 Å². The van der Waals surface area contributed by atoms with E-state index in [1.165, 1.54) is 16.2 Å². The second kappa shape index (κ2) is 5.90. The number of hydrogen-bond donors (Lipinski definition) is 3. The van der Waals surface area contributed by atoms with Gasteiger partial charge in [-0.2, -0.15) is 0 Å². The summed E-state index contributed by atoms with van der Waals surface area (Å²) in [6.07, 6.45) is -2.38. The van der Waals surface area contributed by atoms with Gasteiger partial charge in [-0.25, -0.2) is 0 Å². The van der Waals surface area contributed by atoms with Crippen LogP contribution in [0.25, 0.3) is 0 Å². The van der Waals surface area contributed by atoms with Gasteiger partial charge in [-0.3, -0.25) is 9.59 Å². The van der Waals surface area contributed by atoms with Crippen LogP contribution < -0.4 is 5.32 Å². The zero-order chi connectivity index (χ0) is 14.9. The van der Waals surface area contributed by atoms with Crippen LogP contribution in [-0.4, -0.2) is 57.8 Å². The van der Waals surface area contributed by atoms with E-state index in [0.717, 1.165) is 0 Å². The Morgan fingerprint density at radius 3 is 2.70 bits per heavy atom. The molecule has 2 heterocycles. The molecule has 1 saturated heterocycles. The van der Waals surface area contributed by atoms with Crippen LogP contribution in [0.15, 0.2) is 17.5 Å². The Bertz CT molecular complexity index is 489. The average Bonchev–Trinajstić information content (AvgIpc) is 2.97. The fourth-order valence-corrected chi connectivity index (χ4v) is 2.91. The minimum atomic E-state index is -1.27. The summed E-state index contributed by atoms with van der Waals surface area (Å²) in [6, 6.07) is 2.24. The summed E-state index contributed by atoms with van der Waals surface area (Å²) < 4.78 is 0. The standard InChI is InChI=1S/C13H18N2O4S/c1-7(2)14-12(18)10-11(17)8(16)6-15(10)13(19)9-4-3-5-20-9/h3-5,7-8,10-11,16-17H,6H2,1-2H3,(H,14,18)/t8-,10?,11+/m0/s1. The van der Waals surface area contributed by atoms with E-state index in [1.807, 2.05) is 0 Å². The first kappa shape index (κ1) is 15.0. The minimum Gasteiger partial charge on any atom is -0.388 e. The molecule has 2 amide bonds. The smallest absolute Gasteiger partial charge is 0.264 e. The van der Waals surface area contributed by atoms with Crippen molar-refractivity contribution in [2.24, 2.45) is 0 Å². The van der Waals surface area contributed by atoms with E-state index in [9.17, 15) is 19.8 Å². The van der Waals surface area contributed by atoms with Gasteiger partial charge in [0.2, 0.25) is 5.91 Å². The highest BCUT2D eigenvalue weighted by Crippen LogP contribution is 2.23. The average molecular weight is 298 g/mol. The molecule has 2 rings (SSSR count). The highest BCUT2D eigenvalue weighted by atomic mass is 32.1. The molecule has 110 valence electrons. The molecule has 7 heteroatoms. The maximum absolute atomic E-state index is 12.3. The molecular formula is C13H18N2O4S. The predicted octanol–water partition coefficient (Wildman–Crippen LogP) is -0.181. The Balaban J connectivity index is 2.21. The quantitative estimate of drug-likeness (QED) is 0.722. The lowest BCUT2D eigenvalue weighted by molar-refractivity contribution is -0.128. The molecular weight excluding hydrogens is 280 g/mol. The topological polar surface area (TPSA) is 89.9 Å². The third-order valence-corrected chi connectivity index (χ3v) is 3.99. The van der Waals surface area contributed by atoms with Crippen molar-refractivity contribution in [2.45, 2.75) is 38.1 Å². The number of nitrogens with one attached hydrogen (secondary N) is 1. The molecule has 0 aromatic carbocycles. The summed E-state index contributed by atoms with van der Waals surface area (Å²) in [5, 5.41) is 24.1. The van der Waals surface area contributed by atoms with Gasteiger partial charge in [0.05, 0.1) is 11.4 Å². The fraction of sp³-hybridized carbons (Fsp3) is 0.538. The van der Waals surface area contributed by atoms with Crippen molar-refractivity contribution >= 4 is 23.2 Å². The predicted molar refractivity (Wildman–Crippen MR) is 74.4 cm³/mol. The Labute approximate surface area is 121 Å². The van der Waals surface area contributed by atoms with E-state index < -0.39 is 24.2 Å². The number of rotatable bonds is 3. The van der Waals surface area contributed by atoms with Crippen LogP contribution in [0, 0.1) is 0 Å². The van der Waals surface area contributed by atoms with E-state index in [1.54, 1.807) is 31.4 Å². The van der Waals surface area contributed by atoms with Gasteiger partial charge in [0.1, 0.15) is 18.2 Å². The Hall–Kier alpha value is -1.44. The number of aliphatic hydroxyl groups excluding tert-OH is 2. The number of β-amino-alcohol motifs (C(OH)–C–C–N with tert-alkyl or cyclic N) is 1. The first-order chi connectivity index (χ1) is 9.41. The third-order valence-electron chi connectivity index (χ3n) is 3.13. The van der Waals surface area contributed by atoms with Crippen molar-refractivity contribution in [3.05, 3.63) is 22.4 Å². The molecule has 6 nitrogen and oxygen atoms in total. The SMILES string of the molecule is CC(C)NC(=O)C1[C@H](O)[C@@H](O)CN1C(=O)c1cccs1. The fourth-order valence-electron chi connectivity index (χ4n) is 2.24. The van der Waals surface area contributed by atoms with Crippen LogP contribution in [0.4, 0.5) is 0 Å². The van der Waals surface area contributed by atoms with Crippen LogP contribution >= 0.6 is 11.3 Å². The van der Waals surface area contributed by atoms with E-state index in [4.69, 9.17) is 0 Å². The number of aliphatic hydroxyl groups is 2. The lowest BCUT2D eigenvalue weighted by Crippen LogP contribution is -2.51. The maximum atomic E-state index is 12.3. The lowest BCUT2D eigenvalue weighted by atomic mass is 10.1. The zero-order valence-electron chi connectivity index (χ0n) is 11.3. The summed E-state index contributed by atoms with van der Waals surface area (Å²) in [5.74, 6) is -0.798. The third kappa shape index (κ3) is 2.84. The Morgan fingerprint density at radius 1 is 1.45 bits per heavy atom. The van der Waals surface area contributed by atoms with E-state index in [0.29, 0.717) is 4.88 Å². The van der Waals surface area contributed by atoms with E-state index >= 15 is 0 Å². The second-order valence-corrected chi connectivity index (χ2v) is 6.05. The van der Waals surface area contributed by atoms with Gasteiger partial charge in [-0.05, 0) is 25.3 Å². The Morgan fingerprint density at radius 2 is 2.15 bits per heavy atom. The van der Waals surface area contributed by atoms with Crippen LogP contribution in [-0.2, 0) is 4.79 Å². The molecule has 1 fully saturated rings. The number of amides is 2. The highest BCUT2D eigenvalue weighted by Gasteiger charge is 2.46. The molecule has 3 atom stereocenters. The van der Waals surface area contributed by atoms with Crippen molar-refractivity contribution < 1.29 is 19.8 Å². The molecule has 1 unspecified atom stereocenters. The monoisotopic (exact) mass is 298 g/mol. The number of likely N-dealkylation sites (tertiary alicyclic amines) is 1. The van der Waals surface area contributed by atoms with E-state index in [-0.39, 0.29) is 18.5 Å². The molecule has 0 bridgehead atoms. The number of carbonyl (C=O) groups excluding carboxylic acids is 2. The van der Waals surface area contributed by atoms with Gasteiger partial charge in [0, 0.05) is 6.04 Å².